The normalized spacial score (nSPS) is 9.88. The summed E-state index contributed by atoms with van der Waals surface area (Å²) in [5, 5.41) is 14.9. The average molecular weight is 395 g/mol. The Morgan fingerprint density at radius 3 is 2.73 bits per heavy atom. The second-order valence-electron chi connectivity index (χ2n) is 5.38. The van der Waals surface area contributed by atoms with Gasteiger partial charge in [-0.2, -0.15) is 5.10 Å². The Balaban J connectivity index is 0.00000169. The van der Waals surface area contributed by atoms with Crippen LogP contribution in [0.2, 0.25) is 0 Å². The van der Waals surface area contributed by atoms with Gasteiger partial charge < -0.3 is 5.73 Å². The molecule has 4 N–H and O–H groups in total. The van der Waals surface area contributed by atoms with Crippen molar-refractivity contribution in [2.75, 3.05) is 0 Å². The van der Waals surface area contributed by atoms with Gasteiger partial charge in [-0.25, -0.2) is 4.68 Å². The summed E-state index contributed by atoms with van der Waals surface area (Å²) >= 11 is 0. The fourth-order valence-electron chi connectivity index (χ4n) is 2.71. The van der Waals surface area contributed by atoms with Gasteiger partial charge in [-0.05, 0) is 30.7 Å². The minimum absolute atomic E-state index is 0. The van der Waals surface area contributed by atoms with E-state index in [1.54, 1.807) is 10.9 Å². The summed E-state index contributed by atoms with van der Waals surface area (Å²) in [5.74, 6) is -0.805. The molecule has 3 aromatic rings. The molecule has 0 radical (unpaired) electrons. The van der Waals surface area contributed by atoms with Crippen molar-refractivity contribution in [2.45, 2.75) is 19.8 Å². The Morgan fingerprint density at radius 1 is 1.27 bits per heavy atom. The second-order valence-corrected chi connectivity index (χ2v) is 5.38. The molecule has 2 aromatic heterocycles. The third kappa shape index (κ3) is 4.12. The number of nitrogens with two attached hydrogens (primary N) is 1. The lowest BCUT2D eigenvalue weighted by Gasteiger charge is -2.11. The van der Waals surface area contributed by atoms with Crippen LogP contribution < -0.4 is 11.1 Å². The minimum Gasteiger partial charge on any atom is -0.370 e. The summed E-state index contributed by atoms with van der Waals surface area (Å²) in [6.45, 7) is 2.04. The van der Waals surface area contributed by atoms with Gasteiger partial charge >= 0.3 is 0 Å². The highest BCUT2D eigenvalue weighted by molar-refractivity contribution is 6.05. The van der Waals surface area contributed by atoms with Crippen LogP contribution in [0.1, 0.15) is 29.4 Å². The largest absolute Gasteiger partial charge is 0.370 e. The van der Waals surface area contributed by atoms with E-state index in [1.807, 2.05) is 37.3 Å². The summed E-state index contributed by atoms with van der Waals surface area (Å²) in [4.78, 5) is 16.6. The van der Waals surface area contributed by atoms with Crippen LogP contribution in [0.3, 0.4) is 0 Å². The van der Waals surface area contributed by atoms with E-state index >= 15 is 0 Å². The molecule has 26 heavy (non-hydrogen) atoms. The van der Waals surface area contributed by atoms with Crippen molar-refractivity contribution in [1.29, 1.82) is 5.41 Å². The molecule has 0 aliphatic carbocycles. The van der Waals surface area contributed by atoms with Gasteiger partial charge in [0.15, 0.2) is 5.96 Å². The molecule has 0 aliphatic rings. The molecular weight excluding hydrogens is 375 g/mol. The number of hydrogen-bond donors (Lipinski definition) is 3. The fraction of sp³-hybridized carbons (Fsp3) is 0.176. The zero-order valence-corrected chi connectivity index (χ0v) is 15.7. The summed E-state index contributed by atoms with van der Waals surface area (Å²) in [7, 11) is 0. The Kier molecular flexibility index (Phi) is 7.55. The molecule has 0 aliphatic heterocycles. The first-order valence-corrected chi connectivity index (χ1v) is 7.68. The van der Waals surface area contributed by atoms with Crippen LogP contribution in [0.4, 0.5) is 0 Å². The zero-order chi connectivity index (χ0) is 17.1. The Labute approximate surface area is 163 Å². The van der Waals surface area contributed by atoms with Crippen LogP contribution >= 0.6 is 24.8 Å². The molecule has 1 amide bonds. The Bertz CT molecular complexity index is 919. The van der Waals surface area contributed by atoms with E-state index in [4.69, 9.17) is 11.1 Å². The highest BCUT2D eigenvalue weighted by atomic mass is 35.5. The summed E-state index contributed by atoms with van der Waals surface area (Å²) in [5.41, 5.74) is 8.20. The van der Waals surface area contributed by atoms with Crippen molar-refractivity contribution < 1.29 is 4.79 Å². The monoisotopic (exact) mass is 394 g/mol. The number of halogens is 2. The van der Waals surface area contributed by atoms with Gasteiger partial charge in [-0.3, -0.25) is 20.5 Å². The molecule has 0 saturated carbocycles. The number of guanidine groups is 1. The molecule has 3 rings (SSSR count). The minimum atomic E-state index is -0.421. The number of aromatic nitrogens is 3. The van der Waals surface area contributed by atoms with Gasteiger partial charge in [0.1, 0.15) is 0 Å². The van der Waals surface area contributed by atoms with Crippen LogP contribution in [0, 0.1) is 5.41 Å². The molecule has 9 heteroatoms. The van der Waals surface area contributed by atoms with E-state index in [1.165, 1.54) is 6.20 Å². The van der Waals surface area contributed by atoms with Gasteiger partial charge in [0.25, 0.3) is 5.91 Å². The predicted octanol–water partition coefficient (Wildman–Crippen LogP) is 2.84. The number of hydrogen-bond acceptors (Lipinski definition) is 4. The molecule has 0 bridgehead atoms. The Hall–Kier alpha value is -2.64. The average Bonchev–Trinajstić information content (AvgIpc) is 2.98. The van der Waals surface area contributed by atoms with Crippen molar-refractivity contribution in [3.8, 4) is 5.69 Å². The molecule has 0 spiro atoms. The van der Waals surface area contributed by atoms with Crippen LogP contribution in [0.25, 0.3) is 16.6 Å². The lowest BCUT2D eigenvalue weighted by Crippen LogP contribution is -2.36. The van der Waals surface area contributed by atoms with Crippen molar-refractivity contribution >= 4 is 47.6 Å². The summed E-state index contributed by atoms with van der Waals surface area (Å²) < 4.78 is 1.77. The van der Waals surface area contributed by atoms with Gasteiger partial charge in [-0.1, -0.05) is 19.4 Å². The molecule has 7 nitrogen and oxygen atoms in total. The second kappa shape index (κ2) is 9.17. The van der Waals surface area contributed by atoms with Crippen molar-refractivity contribution in [1.82, 2.24) is 20.1 Å². The number of pyridine rings is 1. The zero-order valence-electron chi connectivity index (χ0n) is 14.1. The lowest BCUT2D eigenvalue weighted by atomic mass is 10.1. The van der Waals surface area contributed by atoms with E-state index in [-0.39, 0.29) is 30.8 Å². The van der Waals surface area contributed by atoms with Gasteiger partial charge in [0, 0.05) is 11.6 Å². The smallest absolute Gasteiger partial charge is 0.261 e. The summed E-state index contributed by atoms with van der Waals surface area (Å²) in [6, 6.07) is 9.65. The first-order valence-electron chi connectivity index (χ1n) is 7.68. The van der Waals surface area contributed by atoms with E-state index in [0.29, 0.717) is 12.0 Å². The molecule has 0 atom stereocenters. The molecular formula is C17H20Cl2N6O. The SMILES string of the molecule is CCCc1c(C(=O)NC(=N)N)cnn1-c1cccc2ncccc12.Cl.Cl. The highest BCUT2D eigenvalue weighted by Crippen LogP contribution is 2.23. The fourth-order valence-corrected chi connectivity index (χ4v) is 2.71. The molecule has 0 saturated heterocycles. The van der Waals surface area contributed by atoms with Crippen molar-refractivity contribution in [3.05, 3.63) is 54.0 Å². The third-order valence-electron chi connectivity index (χ3n) is 3.70. The first-order chi connectivity index (χ1) is 11.6. The van der Waals surface area contributed by atoms with Gasteiger partial charge in [0.2, 0.25) is 0 Å². The highest BCUT2D eigenvalue weighted by Gasteiger charge is 2.19. The quantitative estimate of drug-likeness (QED) is 0.466. The number of nitrogens with zero attached hydrogens (tertiary/aromatic N) is 3. The van der Waals surface area contributed by atoms with Crippen molar-refractivity contribution in [2.24, 2.45) is 5.73 Å². The number of benzene rings is 1. The van der Waals surface area contributed by atoms with E-state index in [0.717, 1.165) is 28.7 Å². The number of rotatable bonds is 4. The maximum atomic E-state index is 12.3. The molecule has 2 heterocycles. The number of carbonyl (C=O) groups is 1. The summed E-state index contributed by atoms with van der Waals surface area (Å²) in [6.07, 6.45) is 4.79. The van der Waals surface area contributed by atoms with Crippen LogP contribution in [0.15, 0.2) is 42.7 Å². The molecule has 138 valence electrons. The van der Waals surface area contributed by atoms with Crippen molar-refractivity contribution in [3.63, 3.8) is 0 Å². The third-order valence-corrected chi connectivity index (χ3v) is 3.70. The van der Waals surface area contributed by atoms with E-state index < -0.39 is 5.91 Å². The number of nitrogens with one attached hydrogen (secondary N) is 2. The van der Waals surface area contributed by atoms with E-state index in [9.17, 15) is 4.79 Å². The first kappa shape index (κ1) is 21.4. The van der Waals surface area contributed by atoms with Crippen LogP contribution in [-0.2, 0) is 6.42 Å². The predicted molar refractivity (Wildman–Crippen MR) is 107 cm³/mol. The Morgan fingerprint density at radius 2 is 2.04 bits per heavy atom. The lowest BCUT2D eigenvalue weighted by molar-refractivity contribution is 0.0975. The maximum absolute atomic E-state index is 12.3. The van der Waals surface area contributed by atoms with E-state index in [2.05, 4.69) is 15.4 Å². The van der Waals surface area contributed by atoms with Gasteiger partial charge in [0.05, 0.1) is 28.7 Å². The van der Waals surface area contributed by atoms with Crippen LogP contribution in [-0.4, -0.2) is 26.6 Å². The number of amides is 1. The maximum Gasteiger partial charge on any atom is 0.261 e. The number of carbonyl (C=O) groups excluding carboxylic acids is 1. The standard InChI is InChI=1S/C17H18N6O.2ClH/c1-2-5-14-12(16(24)22-17(18)19)10-21-23(14)15-8-3-7-13-11(15)6-4-9-20-13;;/h3-4,6-10H,2,5H2,1H3,(H4,18,19,22,24);2*1H. The molecule has 1 aromatic carbocycles. The number of fused-ring (bicyclic) bond motifs is 1. The molecule has 0 fully saturated rings. The van der Waals surface area contributed by atoms with Gasteiger partial charge in [-0.15, -0.1) is 24.8 Å². The molecule has 0 unspecified atom stereocenters. The van der Waals surface area contributed by atoms with Crippen LogP contribution in [0.5, 0.6) is 0 Å². The topological polar surface area (TPSA) is 110 Å².